The van der Waals surface area contributed by atoms with E-state index in [0.29, 0.717) is 0 Å². The van der Waals surface area contributed by atoms with E-state index in [1.807, 2.05) is 18.2 Å². The lowest BCUT2D eigenvalue weighted by atomic mass is 9.97. The van der Waals surface area contributed by atoms with E-state index >= 15 is 0 Å². The Bertz CT molecular complexity index is 520. The zero-order valence-electron chi connectivity index (χ0n) is 10.4. The molecule has 0 radical (unpaired) electrons. The van der Waals surface area contributed by atoms with E-state index in [1.54, 1.807) is 7.11 Å². The molecular formula is C16H16O2. The minimum Gasteiger partial charge on any atom is -0.493 e. The fourth-order valence-electron chi connectivity index (χ4n) is 2.44. The maximum atomic E-state index is 6.12. The van der Waals surface area contributed by atoms with Crippen molar-refractivity contribution in [2.45, 2.75) is 18.9 Å². The highest BCUT2D eigenvalue weighted by atomic mass is 16.5. The summed E-state index contributed by atoms with van der Waals surface area (Å²) in [5.74, 6) is 1.73. The number of para-hydroxylation sites is 1. The Morgan fingerprint density at radius 3 is 2.67 bits per heavy atom. The number of benzene rings is 2. The van der Waals surface area contributed by atoms with Gasteiger partial charge in [-0.15, -0.1) is 0 Å². The molecule has 0 spiro atoms. The average molecular weight is 240 g/mol. The SMILES string of the molecule is COc1cccc2c1OC(c1ccccc1)CC2. The third kappa shape index (κ3) is 1.94. The Kier molecular flexibility index (Phi) is 2.93. The van der Waals surface area contributed by atoms with Crippen LogP contribution in [0.4, 0.5) is 0 Å². The van der Waals surface area contributed by atoms with Gasteiger partial charge in [-0.05, 0) is 30.0 Å². The van der Waals surface area contributed by atoms with Crippen LogP contribution in [0.5, 0.6) is 11.5 Å². The van der Waals surface area contributed by atoms with Crippen molar-refractivity contribution in [2.24, 2.45) is 0 Å². The van der Waals surface area contributed by atoms with Crippen molar-refractivity contribution in [1.82, 2.24) is 0 Å². The van der Waals surface area contributed by atoms with Gasteiger partial charge in [0.2, 0.25) is 0 Å². The van der Waals surface area contributed by atoms with Gasteiger partial charge in [-0.2, -0.15) is 0 Å². The lowest BCUT2D eigenvalue weighted by Crippen LogP contribution is -2.15. The predicted octanol–water partition coefficient (Wildman–Crippen LogP) is 3.76. The van der Waals surface area contributed by atoms with E-state index in [2.05, 4.69) is 30.3 Å². The number of hydrogen-bond acceptors (Lipinski definition) is 2. The van der Waals surface area contributed by atoms with Crippen LogP contribution in [0.25, 0.3) is 0 Å². The van der Waals surface area contributed by atoms with Gasteiger partial charge < -0.3 is 9.47 Å². The fraction of sp³-hybridized carbons (Fsp3) is 0.250. The van der Waals surface area contributed by atoms with Crippen molar-refractivity contribution < 1.29 is 9.47 Å². The van der Waals surface area contributed by atoms with Gasteiger partial charge in [0.15, 0.2) is 11.5 Å². The zero-order chi connectivity index (χ0) is 12.4. The maximum absolute atomic E-state index is 6.12. The molecule has 0 fully saturated rings. The van der Waals surface area contributed by atoms with Gasteiger partial charge in [-0.25, -0.2) is 0 Å². The van der Waals surface area contributed by atoms with Gasteiger partial charge in [0.25, 0.3) is 0 Å². The highest BCUT2D eigenvalue weighted by Gasteiger charge is 2.23. The van der Waals surface area contributed by atoms with Gasteiger partial charge in [0, 0.05) is 0 Å². The average Bonchev–Trinajstić information content (AvgIpc) is 2.47. The molecule has 0 saturated heterocycles. The van der Waals surface area contributed by atoms with Crippen LogP contribution in [-0.4, -0.2) is 7.11 Å². The van der Waals surface area contributed by atoms with E-state index in [9.17, 15) is 0 Å². The minimum atomic E-state index is 0.134. The molecule has 0 saturated carbocycles. The van der Waals surface area contributed by atoms with E-state index in [0.717, 1.165) is 24.3 Å². The van der Waals surface area contributed by atoms with Gasteiger partial charge >= 0.3 is 0 Å². The van der Waals surface area contributed by atoms with Crippen LogP contribution in [0.2, 0.25) is 0 Å². The smallest absolute Gasteiger partial charge is 0.165 e. The Morgan fingerprint density at radius 2 is 1.89 bits per heavy atom. The van der Waals surface area contributed by atoms with Crippen LogP contribution in [0.3, 0.4) is 0 Å². The molecule has 1 unspecified atom stereocenters. The number of methoxy groups -OCH3 is 1. The number of aryl methyl sites for hydroxylation is 1. The summed E-state index contributed by atoms with van der Waals surface area (Å²) in [6.07, 6.45) is 2.19. The summed E-state index contributed by atoms with van der Waals surface area (Å²) >= 11 is 0. The monoisotopic (exact) mass is 240 g/mol. The first-order chi connectivity index (χ1) is 8.88. The van der Waals surface area contributed by atoms with Gasteiger partial charge in [0.05, 0.1) is 7.11 Å². The van der Waals surface area contributed by atoms with Crippen LogP contribution in [0.1, 0.15) is 23.7 Å². The fourth-order valence-corrected chi connectivity index (χ4v) is 2.44. The van der Waals surface area contributed by atoms with Crippen LogP contribution in [0, 0.1) is 0 Å². The lowest BCUT2D eigenvalue weighted by Gasteiger charge is -2.27. The third-order valence-electron chi connectivity index (χ3n) is 3.39. The first kappa shape index (κ1) is 11.1. The Morgan fingerprint density at radius 1 is 1.06 bits per heavy atom. The molecule has 2 aromatic rings. The number of hydrogen-bond donors (Lipinski definition) is 0. The van der Waals surface area contributed by atoms with Crippen molar-refractivity contribution >= 4 is 0 Å². The summed E-state index contributed by atoms with van der Waals surface area (Å²) in [4.78, 5) is 0. The Labute approximate surface area is 107 Å². The largest absolute Gasteiger partial charge is 0.493 e. The van der Waals surface area contributed by atoms with E-state index < -0.39 is 0 Å². The molecular weight excluding hydrogens is 224 g/mol. The lowest BCUT2D eigenvalue weighted by molar-refractivity contribution is 0.168. The number of ether oxygens (including phenoxy) is 2. The van der Waals surface area contributed by atoms with Crippen LogP contribution < -0.4 is 9.47 Å². The van der Waals surface area contributed by atoms with Crippen molar-refractivity contribution in [1.29, 1.82) is 0 Å². The Hall–Kier alpha value is -1.96. The molecule has 0 N–H and O–H groups in total. The predicted molar refractivity (Wildman–Crippen MR) is 71.1 cm³/mol. The summed E-state index contributed by atoms with van der Waals surface area (Å²) in [7, 11) is 1.69. The molecule has 1 aliphatic heterocycles. The van der Waals surface area contributed by atoms with Crippen molar-refractivity contribution in [3.63, 3.8) is 0 Å². The van der Waals surface area contributed by atoms with Gasteiger partial charge in [-0.1, -0.05) is 42.5 Å². The summed E-state index contributed by atoms with van der Waals surface area (Å²) in [6.45, 7) is 0. The summed E-state index contributed by atoms with van der Waals surface area (Å²) in [5, 5.41) is 0. The van der Waals surface area contributed by atoms with E-state index in [-0.39, 0.29) is 6.10 Å². The van der Waals surface area contributed by atoms with Gasteiger partial charge in [0.1, 0.15) is 6.10 Å². The maximum Gasteiger partial charge on any atom is 0.165 e. The van der Waals surface area contributed by atoms with E-state index in [4.69, 9.17) is 9.47 Å². The summed E-state index contributed by atoms with van der Waals surface area (Å²) < 4.78 is 11.5. The van der Waals surface area contributed by atoms with Crippen LogP contribution in [0.15, 0.2) is 48.5 Å². The molecule has 2 nitrogen and oxygen atoms in total. The molecule has 0 amide bonds. The molecule has 2 heteroatoms. The molecule has 2 aromatic carbocycles. The first-order valence-corrected chi connectivity index (χ1v) is 6.26. The molecule has 92 valence electrons. The molecule has 18 heavy (non-hydrogen) atoms. The molecule has 0 aliphatic carbocycles. The molecule has 0 bridgehead atoms. The first-order valence-electron chi connectivity index (χ1n) is 6.26. The van der Waals surface area contributed by atoms with Crippen molar-refractivity contribution in [2.75, 3.05) is 7.11 Å². The van der Waals surface area contributed by atoms with Crippen LogP contribution in [-0.2, 0) is 6.42 Å². The normalized spacial score (nSPS) is 17.7. The third-order valence-corrected chi connectivity index (χ3v) is 3.39. The minimum absolute atomic E-state index is 0.134. The topological polar surface area (TPSA) is 18.5 Å². The number of fused-ring (bicyclic) bond motifs is 1. The summed E-state index contributed by atoms with van der Waals surface area (Å²) in [5.41, 5.74) is 2.47. The second-order valence-electron chi connectivity index (χ2n) is 4.50. The second-order valence-corrected chi connectivity index (χ2v) is 4.50. The van der Waals surface area contributed by atoms with Crippen molar-refractivity contribution in [3.8, 4) is 11.5 Å². The molecule has 3 rings (SSSR count). The Balaban J connectivity index is 1.93. The van der Waals surface area contributed by atoms with Crippen molar-refractivity contribution in [3.05, 3.63) is 59.7 Å². The highest BCUT2D eigenvalue weighted by Crippen LogP contribution is 2.40. The van der Waals surface area contributed by atoms with Gasteiger partial charge in [-0.3, -0.25) is 0 Å². The molecule has 1 heterocycles. The second kappa shape index (κ2) is 4.73. The van der Waals surface area contributed by atoms with Crippen LogP contribution >= 0.6 is 0 Å². The highest BCUT2D eigenvalue weighted by molar-refractivity contribution is 5.48. The quantitative estimate of drug-likeness (QED) is 0.795. The molecule has 0 aromatic heterocycles. The number of rotatable bonds is 2. The summed E-state index contributed by atoms with van der Waals surface area (Å²) in [6, 6.07) is 16.4. The standard InChI is InChI=1S/C16H16O2/c1-17-15-9-5-8-13-10-11-14(18-16(13)15)12-6-3-2-4-7-12/h2-9,14H,10-11H2,1H3. The zero-order valence-corrected chi connectivity index (χ0v) is 10.4. The molecule has 1 aliphatic rings. The molecule has 1 atom stereocenters. The van der Waals surface area contributed by atoms with E-state index in [1.165, 1.54) is 11.1 Å².